The highest BCUT2D eigenvalue weighted by molar-refractivity contribution is 5.75. The number of nitrogens with zero attached hydrogens (tertiary/aromatic N) is 1. The van der Waals surface area contributed by atoms with Crippen molar-refractivity contribution in [1.29, 1.82) is 0 Å². The molecule has 154 valence electrons. The molecule has 1 saturated carbocycles. The third kappa shape index (κ3) is 5.04. The van der Waals surface area contributed by atoms with Gasteiger partial charge in [-0.2, -0.15) is 0 Å². The van der Waals surface area contributed by atoms with E-state index < -0.39 is 11.7 Å². The second kappa shape index (κ2) is 8.11. The van der Waals surface area contributed by atoms with Crippen molar-refractivity contribution in [3.8, 4) is 0 Å². The summed E-state index contributed by atoms with van der Waals surface area (Å²) >= 11 is 0. The van der Waals surface area contributed by atoms with Gasteiger partial charge >= 0.3 is 12.1 Å². The van der Waals surface area contributed by atoms with Gasteiger partial charge in [0.05, 0.1) is 12.5 Å². The number of esters is 1. The summed E-state index contributed by atoms with van der Waals surface area (Å²) in [5.74, 6) is -0.371. The molecule has 1 saturated heterocycles. The Morgan fingerprint density at radius 2 is 1.86 bits per heavy atom. The van der Waals surface area contributed by atoms with Crippen molar-refractivity contribution in [2.45, 2.75) is 58.2 Å². The van der Waals surface area contributed by atoms with E-state index in [1.54, 1.807) is 0 Å². The minimum absolute atomic E-state index is 0.0304. The maximum absolute atomic E-state index is 12.6. The molecular weight excluding hydrogens is 356 g/mol. The Kier molecular flexibility index (Phi) is 5.98. The molecule has 28 heavy (non-hydrogen) atoms. The number of likely N-dealkylation sites (tertiary alicyclic amines) is 1. The predicted octanol–water partition coefficient (Wildman–Crippen LogP) is 3.36. The van der Waals surface area contributed by atoms with E-state index in [0.29, 0.717) is 13.2 Å². The van der Waals surface area contributed by atoms with Gasteiger partial charge in [0.1, 0.15) is 5.60 Å². The molecule has 1 heterocycles. The van der Waals surface area contributed by atoms with Gasteiger partial charge in [-0.3, -0.25) is 9.69 Å². The minimum atomic E-state index is -0.546. The summed E-state index contributed by atoms with van der Waals surface area (Å²) in [5.41, 5.74) is 0.302. The second-order valence-corrected chi connectivity index (χ2v) is 8.93. The number of carbonyl (C=O) groups is 2. The van der Waals surface area contributed by atoms with E-state index in [1.807, 2.05) is 45.9 Å². The first-order chi connectivity index (χ1) is 13.2. The Balaban J connectivity index is 1.72. The lowest BCUT2D eigenvalue weighted by Gasteiger charge is -2.29. The third-order valence-corrected chi connectivity index (χ3v) is 5.48. The molecule has 0 aromatic heterocycles. The lowest BCUT2D eigenvalue weighted by Crippen LogP contribution is -2.48. The molecule has 1 amide bonds. The van der Waals surface area contributed by atoms with Crippen molar-refractivity contribution in [1.82, 2.24) is 10.2 Å². The summed E-state index contributed by atoms with van der Waals surface area (Å²) < 4.78 is 10.8. The molecule has 2 fully saturated rings. The van der Waals surface area contributed by atoms with Gasteiger partial charge in [-0.15, -0.1) is 0 Å². The highest BCUT2D eigenvalue weighted by Gasteiger charge is 2.58. The van der Waals surface area contributed by atoms with Crippen molar-refractivity contribution >= 4 is 12.1 Å². The normalized spacial score (nSPS) is 23.9. The number of nitrogens with one attached hydrogen (secondary N) is 1. The number of hydrogen-bond donors (Lipinski definition) is 1. The van der Waals surface area contributed by atoms with Crippen LogP contribution in [-0.2, 0) is 20.8 Å². The molecule has 0 spiro atoms. The van der Waals surface area contributed by atoms with Crippen LogP contribution in [0.25, 0.3) is 0 Å². The smallest absolute Gasteiger partial charge is 0.408 e. The van der Waals surface area contributed by atoms with E-state index in [9.17, 15) is 9.59 Å². The van der Waals surface area contributed by atoms with Crippen molar-refractivity contribution in [3.05, 3.63) is 35.9 Å². The fourth-order valence-corrected chi connectivity index (χ4v) is 4.13. The van der Waals surface area contributed by atoms with E-state index in [-0.39, 0.29) is 23.3 Å². The van der Waals surface area contributed by atoms with Crippen LogP contribution in [0.15, 0.2) is 30.3 Å². The molecule has 6 nitrogen and oxygen atoms in total. The standard InChI is InChI=1S/C22H32N2O4/c1-5-27-19(25)17-14-24(13-16-9-7-6-8-10-16)15-18(17)22(11-12-22)23-20(26)28-21(2,3)4/h6-10,17-18H,5,11-15H2,1-4H3,(H,23,26)/t17-,18+/m1/s1. The van der Waals surface area contributed by atoms with Crippen molar-refractivity contribution < 1.29 is 19.1 Å². The van der Waals surface area contributed by atoms with Crippen LogP contribution in [0.2, 0.25) is 0 Å². The Morgan fingerprint density at radius 1 is 1.18 bits per heavy atom. The Labute approximate surface area is 167 Å². The summed E-state index contributed by atoms with van der Waals surface area (Å²) in [6.45, 7) is 9.95. The molecule has 0 unspecified atom stereocenters. The number of carbonyl (C=O) groups excluding carboxylic acids is 2. The maximum atomic E-state index is 12.6. The quantitative estimate of drug-likeness (QED) is 0.757. The molecule has 1 N–H and O–H groups in total. The average Bonchev–Trinajstić information content (AvgIpc) is 3.24. The molecule has 1 aliphatic carbocycles. The van der Waals surface area contributed by atoms with E-state index in [0.717, 1.165) is 25.9 Å². The van der Waals surface area contributed by atoms with Crippen LogP contribution in [0.5, 0.6) is 0 Å². The number of rotatable bonds is 6. The first-order valence-electron chi connectivity index (χ1n) is 10.2. The van der Waals surface area contributed by atoms with Crippen LogP contribution >= 0.6 is 0 Å². The monoisotopic (exact) mass is 388 g/mol. The van der Waals surface area contributed by atoms with Crippen LogP contribution in [0.3, 0.4) is 0 Å². The lowest BCUT2D eigenvalue weighted by molar-refractivity contribution is -0.149. The molecule has 0 bridgehead atoms. The molecule has 2 atom stereocenters. The van der Waals surface area contributed by atoms with Gasteiger partial charge in [0, 0.05) is 31.1 Å². The topological polar surface area (TPSA) is 67.9 Å². The van der Waals surface area contributed by atoms with Gasteiger partial charge in [0.25, 0.3) is 0 Å². The highest BCUT2D eigenvalue weighted by atomic mass is 16.6. The summed E-state index contributed by atoms with van der Waals surface area (Å²) in [5, 5.41) is 3.08. The number of benzene rings is 1. The van der Waals surface area contributed by atoms with Crippen molar-refractivity contribution in [3.63, 3.8) is 0 Å². The van der Waals surface area contributed by atoms with E-state index >= 15 is 0 Å². The van der Waals surface area contributed by atoms with Gasteiger partial charge in [0.2, 0.25) is 0 Å². The van der Waals surface area contributed by atoms with E-state index in [4.69, 9.17) is 9.47 Å². The molecule has 3 rings (SSSR count). The fourth-order valence-electron chi connectivity index (χ4n) is 4.13. The third-order valence-electron chi connectivity index (χ3n) is 5.48. The zero-order valence-electron chi connectivity index (χ0n) is 17.4. The van der Waals surface area contributed by atoms with Gasteiger partial charge in [-0.05, 0) is 46.1 Å². The van der Waals surface area contributed by atoms with Gasteiger partial charge in [0.15, 0.2) is 0 Å². The molecule has 1 aromatic rings. The van der Waals surface area contributed by atoms with E-state index in [2.05, 4.69) is 22.3 Å². The van der Waals surface area contributed by atoms with Crippen LogP contribution in [0, 0.1) is 11.8 Å². The van der Waals surface area contributed by atoms with Crippen molar-refractivity contribution in [2.75, 3.05) is 19.7 Å². The average molecular weight is 389 g/mol. The van der Waals surface area contributed by atoms with Crippen LogP contribution in [0.4, 0.5) is 4.79 Å². The van der Waals surface area contributed by atoms with Gasteiger partial charge in [-0.25, -0.2) is 4.79 Å². The number of amides is 1. The molecule has 6 heteroatoms. The molecule has 1 aliphatic heterocycles. The lowest BCUT2D eigenvalue weighted by atomic mass is 9.87. The summed E-state index contributed by atoms with van der Waals surface area (Å²) in [6.07, 6.45) is 1.33. The van der Waals surface area contributed by atoms with Crippen LogP contribution in [0.1, 0.15) is 46.1 Å². The number of hydrogen-bond acceptors (Lipinski definition) is 5. The van der Waals surface area contributed by atoms with Crippen molar-refractivity contribution in [2.24, 2.45) is 11.8 Å². The first-order valence-corrected chi connectivity index (χ1v) is 10.2. The highest BCUT2D eigenvalue weighted by Crippen LogP contribution is 2.49. The molecular formula is C22H32N2O4. The Bertz CT molecular complexity index is 694. The largest absolute Gasteiger partial charge is 0.466 e. The maximum Gasteiger partial charge on any atom is 0.408 e. The van der Waals surface area contributed by atoms with Gasteiger partial charge in [-0.1, -0.05) is 30.3 Å². The molecule has 2 aliphatic rings. The zero-order valence-corrected chi connectivity index (χ0v) is 17.4. The second-order valence-electron chi connectivity index (χ2n) is 8.93. The summed E-state index contributed by atoms with van der Waals surface area (Å²) in [7, 11) is 0. The summed E-state index contributed by atoms with van der Waals surface area (Å²) in [4.78, 5) is 27.3. The predicted molar refractivity (Wildman–Crippen MR) is 107 cm³/mol. The number of alkyl carbamates (subject to hydrolysis) is 1. The van der Waals surface area contributed by atoms with Gasteiger partial charge < -0.3 is 14.8 Å². The first kappa shape index (κ1) is 20.6. The zero-order chi connectivity index (χ0) is 20.4. The van der Waals surface area contributed by atoms with Crippen LogP contribution in [-0.4, -0.2) is 47.8 Å². The minimum Gasteiger partial charge on any atom is -0.466 e. The summed E-state index contributed by atoms with van der Waals surface area (Å²) in [6, 6.07) is 10.2. The SMILES string of the molecule is CCOC(=O)[C@@H]1CN(Cc2ccccc2)C[C@@H]1C1(NC(=O)OC(C)(C)C)CC1. The molecule has 1 aromatic carbocycles. The van der Waals surface area contributed by atoms with Crippen LogP contribution < -0.4 is 5.32 Å². The number of ether oxygens (including phenoxy) is 2. The van der Waals surface area contributed by atoms with E-state index in [1.165, 1.54) is 5.56 Å². The Morgan fingerprint density at radius 3 is 2.43 bits per heavy atom. The molecule has 0 radical (unpaired) electrons. The Hall–Kier alpha value is -2.08. The fraction of sp³-hybridized carbons (Fsp3) is 0.636.